The third kappa shape index (κ3) is 3.66. The fourth-order valence-electron chi connectivity index (χ4n) is 3.52. The van der Waals surface area contributed by atoms with Crippen molar-refractivity contribution in [2.24, 2.45) is 0 Å². The van der Waals surface area contributed by atoms with Crippen LogP contribution in [-0.4, -0.2) is 26.5 Å². The van der Waals surface area contributed by atoms with Gasteiger partial charge in [0.05, 0.1) is 27.2 Å². The molecule has 0 fully saturated rings. The molecule has 6 rings (SSSR count). The summed E-state index contributed by atoms with van der Waals surface area (Å²) in [5, 5.41) is 7.00. The fourth-order valence-corrected chi connectivity index (χ4v) is 5.02. The van der Waals surface area contributed by atoms with Gasteiger partial charge in [-0.05, 0) is 36.6 Å². The van der Waals surface area contributed by atoms with Crippen molar-refractivity contribution in [1.82, 2.24) is 19.7 Å². The Balaban J connectivity index is 1.42. The lowest BCUT2D eigenvalue weighted by Crippen LogP contribution is -2.21. The van der Waals surface area contributed by atoms with E-state index < -0.39 is 0 Å². The summed E-state index contributed by atoms with van der Waals surface area (Å²) in [5.74, 6) is 2.50. The van der Waals surface area contributed by atoms with Crippen LogP contribution in [0.15, 0.2) is 68.4 Å². The van der Waals surface area contributed by atoms with Crippen LogP contribution in [0.1, 0.15) is 11.5 Å². The molecule has 0 N–H and O–H groups in total. The third-order valence-corrected chi connectivity index (χ3v) is 6.95. The van der Waals surface area contributed by atoms with Gasteiger partial charge >= 0.3 is 0 Å². The highest BCUT2D eigenvalue weighted by atomic mass is 32.2. The molecule has 33 heavy (non-hydrogen) atoms. The Morgan fingerprint density at radius 2 is 1.91 bits per heavy atom. The highest BCUT2D eigenvalue weighted by molar-refractivity contribution is 7.98. The van der Waals surface area contributed by atoms with Gasteiger partial charge in [-0.15, -0.1) is 11.3 Å². The number of thioether (sulfide) groups is 1. The van der Waals surface area contributed by atoms with E-state index in [0.717, 1.165) is 16.1 Å². The van der Waals surface area contributed by atoms with E-state index in [9.17, 15) is 4.79 Å². The number of aromatic nitrogens is 4. The van der Waals surface area contributed by atoms with E-state index in [2.05, 4.69) is 10.1 Å². The van der Waals surface area contributed by atoms with E-state index in [1.165, 1.54) is 11.8 Å². The summed E-state index contributed by atoms with van der Waals surface area (Å²) in [6.45, 7) is 2.13. The van der Waals surface area contributed by atoms with Crippen LogP contribution in [0.2, 0.25) is 0 Å². The molecule has 0 saturated carbocycles. The van der Waals surface area contributed by atoms with Crippen molar-refractivity contribution in [1.29, 1.82) is 0 Å². The largest absolute Gasteiger partial charge is 0.454 e. The molecule has 0 spiro atoms. The van der Waals surface area contributed by atoms with Crippen LogP contribution in [0.3, 0.4) is 0 Å². The monoisotopic (exact) mass is 476 g/mol. The Kier molecular flexibility index (Phi) is 4.88. The summed E-state index contributed by atoms with van der Waals surface area (Å²) in [7, 11) is 0. The van der Waals surface area contributed by atoms with Crippen molar-refractivity contribution >= 4 is 34.0 Å². The molecule has 0 aliphatic carbocycles. The molecule has 0 amide bonds. The zero-order valence-corrected chi connectivity index (χ0v) is 19.0. The first-order valence-electron chi connectivity index (χ1n) is 10.1. The van der Waals surface area contributed by atoms with E-state index in [1.807, 2.05) is 48.7 Å². The van der Waals surface area contributed by atoms with E-state index in [1.54, 1.807) is 28.0 Å². The molecule has 2 aromatic carbocycles. The Morgan fingerprint density at radius 1 is 1.09 bits per heavy atom. The minimum absolute atomic E-state index is 0.128. The van der Waals surface area contributed by atoms with Crippen molar-refractivity contribution in [3.05, 3.63) is 75.7 Å². The lowest BCUT2D eigenvalue weighted by atomic mass is 10.2. The average molecular weight is 477 g/mol. The molecule has 4 heterocycles. The third-order valence-electron chi connectivity index (χ3n) is 5.16. The summed E-state index contributed by atoms with van der Waals surface area (Å²) in [6.07, 6.45) is 0. The topological polar surface area (TPSA) is 92.3 Å². The molecule has 0 atom stereocenters. The number of fused-ring (bicyclic) bond motifs is 2. The quantitative estimate of drug-likeness (QED) is 0.263. The molecule has 0 radical (unpaired) electrons. The van der Waals surface area contributed by atoms with Gasteiger partial charge in [0.25, 0.3) is 5.56 Å². The first-order chi connectivity index (χ1) is 16.2. The van der Waals surface area contributed by atoms with Crippen molar-refractivity contribution in [2.75, 3.05) is 6.79 Å². The smallest absolute Gasteiger partial charge is 0.266 e. The summed E-state index contributed by atoms with van der Waals surface area (Å²) < 4.78 is 18.0. The van der Waals surface area contributed by atoms with Crippen LogP contribution in [0.25, 0.3) is 27.3 Å². The van der Waals surface area contributed by atoms with Crippen LogP contribution >= 0.6 is 23.1 Å². The number of benzene rings is 2. The van der Waals surface area contributed by atoms with E-state index in [-0.39, 0.29) is 12.4 Å². The molecule has 0 bridgehead atoms. The first kappa shape index (κ1) is 20.0. The van der Waals surface area contributed by atoms with Crippen molar-refractivity contribution < 1.29 is 14.0 Å². The van der Waals surface area contributed by atoms with Gasteiger partial charge < -0.3 is 14.0 Å². The predicted molar refractivity (Wildman–Crippen MR) is 125 cm³/mol. The predicted octanol–water partition coefficient (Wildman–Crippen LogP) is 4.83. The Labute approximate surface area is 195 Å². The second-order valence-corrected chi connectivity index (χ2v) is 9.26. The molecule has 1 aliphatic heterocycles. The number of thiophene rings is 1. The molecular weight excluding hydrogens is 460 g/mol. The normalized spacial score (nSPS) is 12.5. The number of rotatable bonds is 5. The maximum Gasteiger partial charge on any atom is 0.266 e. The number of hydrogen-bond donors (Lipinski definition) is 0. The zero-order chi connectivity index (χ0) is 22.4. The van der Waals surface area contributed by atoms with Gasteiger partial charge in [0.1, 0.15) is 0 Å². The lowest BCUT2D eigenvalue weighted by molar-refractivity contribution is 0.174. The Bertz CT molecular complexity index is 1530. The Hall–Kier alpha value is -3.63. The van der Waals surface area contributed by atoms with Crippen LogP contribution in [0.4, 0.5) is 0 Å². The van der Waals surface area contributed by atoms with Crippen molar-refractivity contribution in [2.45, 2.75) is 17.8 Å². The maximum atomic E-state index is 13.6. The standard InChI is InChI=1S/C23H16N4O4S2/c1-13-4-6-14(7-5-13)27-22(28)15-9-17-18(30-12-29-17)10-16(15)24-23(27)33-11-20-25-21(26-31-20)19-3-2-8-32-19/h2-10H,11-12H2,1H3. The van der Waals surface area contributed by atoms with Crippen LogP contribution in [0, 0.1) is 6.92 Å². The number of ether oxygens (including phenoxy) is 2. The van der Waals surface area contributed by atoms with Crippen LogP contribution in [-0.2, 0) is 5.75 Å². The molecule has 0 saturated heterocycles. The van der Waals surface area contributed by atoms with Gasteiger partial charge in [0.15, 0.2) is 16.7 Å². The first-order valence-corrected chi connectivity index (χ1v) is 11.9. The fraction of sp³-hybridized carbons (Fsp3) is 0.130. The highest BCUT2D eigenvalue weighted by Crippen LogP contribution is 2.35. The number of aryl methyl sites for hydroxylation is 1. The minimum Gasteiger partial charge on any atom is -0.454 e. The van der Waals surface area contributed by atoms with Gasteiger partial charge in [-0.1, -0.05) is 40.7 Å². The maximum absolute atomic E-state index is 13.6. The van der Waals surface area contributed by atoms with Crippen molar-refractivity contribution in [3.8, 4) is 27.9 Å². The SMILES string of the molecule is Cc1ccc(-n2c(SCc3nc(-c4cccs4)no3)nc3cc4c(cc3c2=O)OCO4)cc1. The van der Waals surface area contributed by atoms with E-state index in [0.29, 0.717) is 45.0 Å². The molecular formula is C23H16N4O4S2. The van der Waals surface area contributed by atoms with E-state index in [4.69, 9.17) is 19.0 Å². The molecule has 164 valence electrons. The second kappa shape index (κ2) is 8.05. The lowest BCUT2D eigenvalue weighted by Gasteiger charge is -2.13. The summed E-state index contributed by atoms with van der Waals surface area (Å²) in [6, 6.07) is 15.1. The van der Waals surface area contributed by atoms with Gasteiger partial charge in [0, 0.05) is 6.07 Å². The molecule has 8 nitrogen and oxygen atoms in total. The average Bonchev–Trinajstić information content (AvgIpc) is 3.59. The van der Waals surface area contributed by atoms with Crippen LogP contribution in [0.5, 0.6) is 11.5 Å². The van der Waals surface area contributed by atoms with Gasteiger partial charge in [0.2, 0.25) is 18.5 Å². The molecule has 3 aromatic heterocycles. The summed E-state index contributed by atoms with van der Waals surface area (Å²) in [5.41, 5.74) is 2.18. The minimum atomic E-state index is -0.186. The summed E-state index contributed by atoms with van der Waals surface area (Å²) in [4.78, 5) is 23.8. The summed E-state index contributed by atoms with van der Waals surface area (Å²) >= 11 is 2.91. The Morgan fingerprint density at radius 3 is 2.70 bits per heavy atom. The number of hydrogen-bond acceptors (Lipinski definition) is 9. The van der Waals surface area contributed by atoms with Gasteiger partial charge in [-0.3, -0.25) is 9.36 Å². The van der Waals surface area contributed by atoms with Gasteiger partial charge in [-0.2, -0.15) is 4.98 Å². The van der Waals surface area contributed by atoms with Crippen LogP contribution < -0.4 is 15.0 Å². The van der Waals surface area contributed by atoms with E-state index >= 15 is 0 Å². The second-order valence-electron chi connectivity index (χ2n) is 7.37. The van der Waals surface area contributed by atoms with Crippen molar-refractivity contribution in [3.63, 3.8) is 0 Å². The molecule has 10 heteroatoms. The van der Waals surface area contributed by atoms with Gasteiger partial charge in [-0.25, -0.2) is 4.98 Å². The highest BCUT2D eigenvalue weighted by Gasteiger charge is 2.20. The number of nitrogens with zero attached hydrogens (tertiary/aromatic N) is 4. The molecule has 5 aromatic rings. The molecule has 1 aliphatic rings. The molecule has 0 unspecified atom stereocenters. The zero-order valence-electron chi connectivity index (χ0n) is 17.3.